The molecule has 1 aliphatic heterocycles. The van der Waals surface area contributed by atoms with Gasteiger partial charge in [-0.1, -0.05) is 41.9 Å². The van der Waals surface area contributed by atoms with E-state index >= 15 is 0 Å². The molecule has 0 aliphatic carbocycles. The molecule has 0 atom stereocenters. The molecule has 3 rings (SSSR count). The summed E-state index contributed by atoms with van der Waals surface area (Å²) >= 11 is 6.07. The first kappa shape index (κ1) is 25.2. The zero-order valence-electron chi connectivity index (χ0n) is 19.0. The quantitative estimate of drug-likeness (QED) is 0.640. The average Bonchev–Trinajstić information content (AvgIpc) is 2.77. The number of aryl methyl sites for hydroxylation is 2. The molecule has 178 valence electrons. The highest BCUT2D eigenvalue weighted by molar-refractivity contribution is 7.89. The smallest absolute Gasteiger partial charge is 0.244 e. The Bertz CT molecular complexity index is 1110. The van der Waals surface area contributed by atoms with Crippen molar-refractivity contribution in [3.63, 3.8) is 0 Å². The summed E-state index contributed by atoms with van der Waals surface area (Å²) < 4.78 is 27.1. The standard InChI is InChI=1S/C23H29ClN4O4S/c1-17-7-6-8-18(2)23(17)25-21(29)15-26(3)22(30)16-27-11-13-28(14-12-27)33(31,32)20-10-5-4-9-19(20)24/h4-10H,11-16H2,1-3H3,(H,25,29). The van der Waals surface area contributed by atoms with E-state index in [0.717, 1.165) is 16.8 Å². The van der Waals surface area contributed by atoms with Gasteiger partial charge in [0.25, 0.3) is 0 Å². The maximum absolute atomic E-state index is 12.9. The number of para-hydroxylation sites is 1. The van der Waals surface area contributed by atoms with Gasteiger partial charge in [-0.2, -0.15) is 4.31 Å². The van der Waals surface area contributed by atoms with Crippen LogP contribution in [0.25, 0.3) is 0 Å². The lowest BCUT2D eigenvalue weighted by molar-refractivity contribution is -0.134. The van der Waals surface area contributed by atoms with Crippen molar-refractivity contribution in [1.82, 2.24) is 14.1 Å². The van der Waals surface area contributed by atoms with Crippen LogP contribution < -0.4 is 5.32 Å². The third-order valence-electron chi connectivity index (χ3n) is 5.70. The number of likely N-dealkylation sites (N-methyl/N-ethyl adjacent to an activating group) is 1. The molecule has 1 heterocycles. The Labute approximate surface area is 200 Å². The number of anilines is 1. The van der Waals surface area contributed by atoms with Crippen molar-refractivity contribution in [3.05, 3.63) is 58.6 Å². The van der Waals surface area contributed by atoms with Crippen molar-refractivity contribution in [2.24, 2.45) is 0 Å². The summed E-state index contributed by atoms with van der Waals surface area (Å²) in [5.74, 6) is -0.465. The van der Waals surface area contributed by atoms with Gasteiger partial charge in [-0.05, 0) is 37.1 Å². The van der Waals surface area contributed by atoms with E-state index in [9.17, 15) is 18.0 Å². The average molecular weight is 493 g/mol. The molecule has 0 radical (unpaired) electrons. The van der Waals surface area contributed by atoms with Crippen molar-refractivity contribution < 1.29 is 18.0 Å². The number of sulfonamides is 1. The third kappa shape index (κ3) is 6.11. The molecule has 0 unspecified atom stereocenters. The van der Waals surface area contributed by atoms with Crippen molar-refractivity contribution >= 4 is 39.1 Å². The topological polar surface area (TPSA) is 90.0 Å². The monoisotopic (exact) mass is 492 g/mol. The number of rotatable bonds is 7. The Morgan fingerprint density at radius 2 is 1.61 bits per heavy atom. The molecule has 1 saturated heterocycles. The van der Waals surface area contributed by atoms with E-state index in [4.69, 9.17) is 11.6 Å². The third-order valence-corrected chi connectivity index (χ3v) is 8.10. The molecule has 2 aromatic carbocycles. The van der Waals surface area contributed by atoms with Gasteiger partial charge in [-0.15, -0.1) is 0 Å². The molecule has 33 heavy (non-hydrogen) atoms. The Morgan fingerprint density at radius 3 is 2.21 bits per heavy atom. The minimum absolute atomic E-state index is 0.0620. The number of hydrogen-bond acceptors (Lipinski definition) is 5. The Balaban J connectivity index is 1.50. The number of benzene rings is 2. The van der Waals surface area contributed by atoms with Crippen LogP contribution in [0.15, 0.2) is 47.4 Å². The van der Waals surface area contributed by atoms with Crippen molar-refractivity contribution in [2.75, 3.05) is 51.6 Å². The van der Waals surface area contributed by atoms with Gasteiger partial charge in [-0.3, -0.25) is 14.5 Å². The van der Waals surface area contributed by atoms with Crippen LogP contribution in [0, 0.1) is 13.8 Å². The number of hydrogen-bond donors (Lipinski definition) is 1. The van der Waals surface area contributed by atoms with E-state index in [0.29, 0.717) is 13.1 Å². The van der Waals surface area contributed by atoms with Crippen molar-refractivity contribution in [2.45, 2.75) is 18.7 Å². The molecule has 2 amide bonds. The summed E-state index contributed by atoms with van der Waals surface area (Å²) in [6.45, 7) is 5.25. The zero-order chi connectivity index (χ0) is 24.2. The summed E-state index contributed by atoms with van der Waals surface area (Å²) in [6.07, 6.45) is 0. The summed E-state index contributed by atoms with van der Waals surface area (Å²) in [5.41, 5.74) is 2.68. The van der Waals surface area contributed by atoms with Gasteiger partial charge in [0.15, 0.2) is 0 Å². The maximum Gasteiger partial charge on any atom is 0.244 e. The first-order chi connectivity index (χ1) is 15.6. The van der Waals surface area contributed by atoms with Gasteiger partial charge in [0.2, 0.25) is 21.8 Å². The molecule has 0 spiro atoms. The molecule has 1 aliphatic rings. The molecular weight excluding hydrogens is 464 g/mol. The molecule has 1 fully saturated rings. The lowest BCUT2D eigenvalue weighted by atomic mass is 10.1. The molecule has 8 nitrogen and oxygen atoms in total. The highest BCUT2D eigenvalue weighted by Gasteiger charge is 2.30. The number of carbonyl (C=O) groups excluding carboxylic acids is 2. The van der Waals surface area contributed by atoms with Gasteiger partial charge in [0, 0.05) is 38.9 Å². The van der Waals surface area contributed by atoms with Gasteiger partial charge < -0.3 is 10.2 Å². The molecule has 0 aromatic heterocycles. The molecular formula is C23H29ClN4O4S. The predicted molar refractivity (Wildman–Crippen MR) is 129 cm³/mol. The van der Waals surface area contributed by atoms with Crippen LogP contribution in [-0.4, -0.2) is 80.7 Å². The van der Waals surface area contributed by atoms with Crippen molar-refractivity contribution in [1.29, 1.82) is 0 Å². The lowest BCUT2D eigenvalue weighted by Gasteiger charge is -2.34. The van der Waals surface area contributed by atoms with Gasteiger partial charge in [-0.25, -0.2) is 8.42 Å². The minimum atomic E-state index is -3.69. The lowest BCUT2D eigenvalue weighted by Crippen LogP contribution is -2.51. The zero-order valence-corrected chi connectivity index (χ0v) is 20.6. The van der Waals surface area contributed by atoms with E-state index in [2.05, 4.69) is 5.32 Å². The second kappa shape index (κ2) is 10.6. The molecule has 0 saturated carbocycles. The van der Waals surface area contributed by atoms with E-state index in [1.165, 1.54) is 15.3 Å². The molecule has 1 N–H and O–H groups in total. The highest BCUT2D eigenvalue weighted by atomic mass is 35.5. The fourth-order valence-corrected chi connectivity index (χ4v) is 5.64. The molecule has 10 heteroatoms. The van der Waals surface area contributed by atoms with Crippen LogP contribution in [0.5, 0.6) is 0 Å². The first-order valence-corrected chi connectivity index (χ1v) is 12.5. The highest BCUT2D eigenvalue weighted by Crippen LogP contribution is 2.25. The van der Waals surface area contributed by atoms with Crippen LogP contribution in [0.4, 0.5) is 5.69 Å². The van der Waals surface area contributed by atoms with Gasteiger partial charge >= 0.3 is 0 Å². The SMILES string of the molecule is Cc1cccc(C)c1NC(=O)CN(C)C(=O)CN1CCN(S(=O)(=O)c2ccccc2Cl)CC1. The fraction of sp³-hybridized carbons (Fsp3) is 0.391. The minimum Gasteiger partial charge on any atom is -0.335 e. The summed E-state index contributed by atoms with van der Waals surface area (Å²) in [6, 6.07) is 12.1. The second-order valence-electron chi connectivity index (χ2n) is 8.18. The fourth-order valence-electron chi connectivity index (χ4n) is 3.73. The second-order valence-corrected chi connectivity index (χ2v) is 10.5. The van der Waals surface area contributed by atoms with Crippen LogP contribution >= 0.6 is 11.6 Å². The Kier molecular flexibility index (Phi) is 8.12. The van der Waals surface area contributed by atoms with Crippen LogP contribution in [0.1, 0.15) is 11.1 Å². The summed E-state index contributed by atoms with van der Waals surface area (Å²) in [7, 11) is -2.10. The number of halogens is 1. The largest absolute Gasteiger partial charge is 0.335 e. The number of nitrogens with one attached hydrogen (secondary N) is 1. The number of carbonyl (C=O) groups is 2. The Hall–Kier alpha value is -2.46. The molecule has 2 aromatic rings. The van der Waals surface area contributed by atoms with E-state index in [1.54, 1.807) is 25.2 Å². The van der Waals surface area contributed by atoms with Gasteiger partial charge in [0.1, 0.15) is 4.90 Å². The first-order valence-electron chi connectivity index (χ1n) is 10.7. The van der Waals surface area contributed by atoms with E-state index in [-0.39, 0.29) is 47.9 Å². The van der Waals surface area contributed by atoms with Crippen LogP contribution in [0.3, 0.4) is 0 Å². The number of amides is 2. The Morgan fingerprint density at radius 1 is 1.00 bits per heavy atom. The predicted octanol–water partition coefficient (Wildman–Crippen LogP) is 2.36. The maximum atomic E-state index is 12.9. The van der Waals surface area contributed by atoms with E-state index in [1.807, 2.05) is 36.9 Å². The van der Waals surface area contributed by atoms with E-state index < -0.39 is 10.0 Å². The van der Waals surface area contributed by atoms with Crippen LogP contribution in [0.2, 0.25) is 5.02 Å². The number of piperazine rings is 1. The summed E-state index contributed by atoms with van der Waals surface area (Å²) in [5, 5.41) is 3.07. The number of nitrogens with zero attached hydrogens (tertiary/aromatic N) is 3. The molecule has 0 bridgehead atoms. The summed E-state index contributed by atoms with van der Waals surface area (Å²) in [4.78, 5) is 28.4. The normalized spacial score (nSPS) is 15.3. The van der Waals surface area contributed by atoms with Crippen molar-refractivity contribution in [3.8, 4) is 0 Å². The van der Waals surface area contributed by atoms with Crippen LogP contribution in [-0.2, 0) is 19.6 Å². The van der Waals surface area contributed by atoms with Gasteiger partial charge in [0.05, 0.1) is 18.1 Å².